The van der Waals surface area contributed by atoms with Gasteiger partial charge in [0, 0.05) is 6.04 Å². The SMILES string of the molecule is COc1ccc2c(c1)C(NCC1CCC1)CCC2. The third-order valence-electron chi connectivity index (χ3n) is 4.55. The first-order valence-electron chi connectivity index (χ1n) is 7.27. The predicted molar refractivity (Wildman–Crippen MR) is 74.0 cm³/mol. The fraction of sp³-hybridized carbons (Fsp3) is 0.625. The van der Waals surface area contributed by atoms with Crippen LogP contribution >= 0.6 is 0 Å². The van der Waals surface area contributed by atoms with Crippen molar-refractivity contribution in [1.82, 2.24) is 5.32 Å². The maximum atomic E-state index is 5.36. The first-order chi connectivity index (χ1) is 8.86. The second-order valence-electron chi connectivity index (χ2n) is 5.71. The number of methoxy groups -OCH3 is 1. The summed E-state index contributed by atoms with van der Waals surface area (Å²) in [5, 5.41) is 3.78. The molecule has 0 bridgehead atoms. The van der Waals surface area contributed by atoms with E-state index in [-0.39, 0.29) is 0 Å². The molecule has 0 spiro atoms. The molecule has 0 aliphatic heterocycles. The van der Waals surface area contributed by atoms with Gasteiger partial charge in [-0.05, 0) is 67.8 Å². The van der Waals surface area contributed by atoms with Crippen molar-refractivity contribution in [2.45, 2.75) is 44.6 Å². The van der Waals surface area contributed by atoms with E-state index < -0.39 is 0 Å². The molecule has 1 saturated carbocycles. The van der Waals surface area contributed by atoms with Crippen LogP contribution in [0.25, 0.3) is 0 Å². The van der Waals surface area contributed by atoms with Crippen molar-refractivity contribution < 1.29 is 4.74 Å². The van der Waals surface area contributed by atoms with Gasteiger partial charge < -0.3 is 10.1 Å². The first kappa shape index (κ1) is 12.0. The molecule has 0 radical (unpaired) electrons. The van der Waals surface area contributed by atoms with Crippen molar-refractivity contribution in [2.24, 2.45) is 5.92 Å². The molecule has 2 nitrogen and oxygen atoms in total. The Morgan fingerprint density at radius 3 is 2.83 bits per heavy atom. The molecule has 98 valence electrons. The zero-order valence-corrected chi connectivity index (χ0v) is 11.2. The third kappa shape index (κ3) is 2.39. The van der Waals surface area contributed by atoms with E-state index in [0.29, 0.717) is 6.04 Å². The number of rotatable bonds is 4. The van der Waals surface area contributed by atoms with Gasteiger partial charge in [0.15, 0.2) is 0 Å². The maximum absolute atomic E-state index is 5.36. The van der Waals surface area contributed by atoms with E-state index >= 15 is 0 Å². The normalized spacial score (nSPS) is 23.3. The zero-order chi connectivity index (χ0) is 12.4. The molecular formula is C16H23NO. The van der Waals surface area contributed by atoms with E-state index in [1.54, 1.807) is 7.11 Å². The lowest BCUT2D eigenvalue weighted by molar-refractivity contribution is 0.283. The van der Waals surface area contributed by atoms with Gasteiger partial charge in [0.1, 0.15) is 5.75 Å². The smallest absolute Gasteiger partial charge is 0.119 e. The van der Waals surface area contributed by atoms with Crippen molar-refractivity contribution in [3.63, 3.8) is 0 Å². The Labute approximate surface area is 110 Å². The maximum Gasteiger partial charge on any atom is 0.119 e. The van der Waals surface area contributed by atoms with Gasteiger partial charge in [-0.25, -0.2) is 0 Å². The van der Waals surface area contributed by atoms with Crippen molar-refractivity contribution in [3.05, 3.63) is 29.3 Å². The van der Waals surface area contributed by atoms with Crippen LogP contribution in [0.5, 0.6) is 5.75 Å². The van der Waals surface area contributed by atoms with E-state index in [1.165, 1.54) is 56.2 Å². The summed E-state index contributed by atoms with van der Waals surface area (Å²) < 4.78 is 5.36. The highest BCUT2D eigenvalue weighted by molar-refractivity contribution is 5.39. The molecule has 1 fully saturated rings. The van der Waals surface area contributed by atoms with Crippen LogP contribution in [-0.4, -0.2) is 13.7 Å². The summed E-state index contributed by atoms with van der Waals surface area (Å²) in [5.41, 5.74) is 2.98. The standard InChI is InChI=1S/C16H23NO/c1-18-14-9-8-13-6-3-7-16(15(13)10-14)17-11-12-4-2-5-12/h8-10,12,16-17H,2-7,11H2,1H3. The molecule has 0 aromatic heterocycles. The second-order valence-corrected chi connectivity index (χ2v) is 5.71. The van der Waals surface area contributed by atoms with Crippen molar-refractivity contribution in [3.8, 4) is 5.75 Å². The van der Waals surface area contributed by atoms with Crippen molar-refractivity contribution in [2.75, 3.05) is 13.7 Å². The Hall–Kier alpha value is -1.02. The zero-order valence-electron chi connectivity index (χ0n) is 11.2. The highest BCUT2D eigenvalue weighted by Crippen LogP contribution is 2.33. The van der Waals surface area contributed by atoms with E-state index in [2.05, 4.69) is 23.5 Å². The molecule has 1 aromatic rings. The molecule has 0 saturated heterocycles. The van der Waals surface area contributed by atoms with Gasteiger partial charge >= 0.3 is 0 Å². The molecular weight excluding hydrogens is 222 g/mol. The average molecular weight is 245 g/mol. The Kier molecular flexibility index (Phi) is 3.55. The fourth-order valence-electron chi connectivity index (χ4n) is 3.12. The minimum Gasteiger partial charge on any atom is -0.497 e. The minimum atomic E-state index is 0.546. The van der Waals surface area contributed by atoms with Crippen LogP contribution < -0.4 is 10.1 Å². The van der Waals surface area contributed by atoms with Gasteiger partial charge in [0.25, 0.3) is 0 Å². The van der Waals surface area contributed by atoms with Crippen LogP contribution in [0.2, 0.25) is 0 Å². The Morgan fingerprint density at radius 2 is 2.11 bits per heavy atom. The summed E-state index contributed by atoms with van der Waals surface area (Å²) in [7, 11) is 1.75. The first-order valence-corrected chi connectivity index (χ1v) is 7.27. The molecule has 18 heavy (non-hydrogen) atoms. The summed E-state index contributed by atoms with van der Waals surface area (Å²) in [5.74, 6) is 1.92. The van der Waals surface area contributed by atoms with Crippen LogP contribution in [0.1, 0.15) is 49.3 Å². The number of aryl methyl sites for hydroxylation is 1. The minimum absolute atomic E-state index is 0.546. The Balaban J connectivity index is 1.72. The van der Waals surface area contributed by atoms with Crippen molar-refractivity contribution in [1.29, 1.82) is 0 Å². The highest BCUT2D eigenvalue weighted by atomic mass is 16.5. The predicted octanol–water partition coefficient (Wildman–Crippen LogP) is 3.46. The van der Waals surface area contributed by atoms with Crippen LogP contribution in [0.15, 0.2) is 18.2 Å². The van der Waals surface area contributed by atoms with Gasteiger partial charge in [-0.15, -0.1) is 0 Å². The number of benzene rings is 1. The molecule has 1 aromatic carbocycles. The van der Waals surface area contributed by atoms with E-state index in [1.807, 2.05) is 0 Å². The van der Waals surface area contributed by atoms with Gasteiger partial charge in [-0.2, -0.15) is 0 Å². The molecule has 2 heteroatoms. The summed E-state index contributed by atoms with van der Waals surface area (Å²) in [6.45, 7) is 1.20. The molecule has 2 aliphatic rings. The van der Waals surface area contributed by atoms with E-state index in [4.69, 9.17) is 4.74 Å². The van der Waals surface area contributed by atoms with E-state index in [9.17, 15) is 0 Å². The molecule has 2 aliphatic carbocycles. The summed E-state index contributed by atoms with van der Waals surface area (Å²) in [6, 6.07) is 7.11. The molecule has 3 rings (SSSR count). The summed E-state index contributed by atoms with van der Waals surface area (Å²) >= 11 is 0. The van der Waals surface area contributed by atoms with Gasteiger partial charge in [-0.3, -0.25) is 0 Å². The number of hydrogen-bond donors (Lipinski definition) is 1. The van der Waals surface area contributed by atoms with Crippen LogP contribution in [-0.2, 0) is 6.42 Å². The second kappa shape index (κ2) is 5.31. The topological polar surface area (TPSA) is 21.3 Å². The lowest BCUT2D eigenvalue weighted by atomic mass is 9.83. The number of nitrogens with one attached hydrogen (secondary N) is 1. The molecule has 1 atom stereocenters. The van der Waals surface area contributed by atoms with Gasteiger partial charge in [0.05, 0.1) is 7.11 Å². The van der Waals surface area contributed by atoms with Crippen LogP contribution in [0, 0.1) is 5.92 Å². The monoisotopic (exact) mass is 245 g/mol. The summed E-state index contributed by atoms with van der Waals surface area (Å²) in [6.07, 6.45) is 8.08. The number of hydrogen-bond acceptors (Lipinski definition) is 2. The van der Waals surface area contributed by atoms with Crippen molar-refractivity contribution >= 4 is 0 Å². The number of fused-ring (bicyclic) bond motifs is 1. The highest BCUT2D eigenvalue weighted by Gasteiger charge is 2.23. The molecule has 1 unspecified atom stereocenters. The molecule has 0 amide bonds. The van der Waals surface area contributed by atoms with Gasteiger partial charge in [-0.1, -0.05) is 12.5 Å². The molecule has 0 heterocycles. The molecule has 1 N–H and O–H groups in total. The quantitative estimate of drug-likeness (QED) is 0.877. The van der Waals surface area contributed by atoms with E-state index in [0.717, 1.165) is 11.7 Å². The van der Waals surface area contributed by atoms with Gasteiger partial charge in [0.2, 0.25) is 0 Å². The Bertz CT molecular complexity index is 412. The number of ether oxygens (including phenoxy) is 1. The lowest BCUT2D eigenvalue weighted by Gasteiger charge is -2.31. The van der Waals surface area contributed by atoms with Crippen LogP contribution in [0.4, 0.5) is 0 Å². The largest absolute Gasteiger partial charge is 0.497 e. The lowest BCUT2D eigenvalue weighted by Crippen LogP contribution is -2.32. The average Bonchev–Trinajstić information content (AvgIpc) is 2.36. The Morgan fingerprint density at radius 1 is 1.22 bits per heavy atom. The fourth-order valence-corrected chi connectivity index (χ4v) is 3.12. The van der Waals surface area contributed by atoms with Crippen LogP contribution in [0.3, 0.4) is 0 Å². The summed E-state index contributed by atoms with van der Waals surface area (Å²) in [4.78, 5) is 0. The third-order valence-corrected chi connectivity index (χ3v) is 4.55.